The number of rotatable bonds is 6. The van der Waals surface area contributed by atoms with Crippen LogP contribution in [-0.4, -0.2) is 48.8 Å². The van der Waals surface area contributed by atoms with E-state index in [2.05, 4.69) is 0 Å². The molecule has 0 bridgehead atoms. The van der Waals surface area contributed by atoms with Crippen molar-refractivity contribution in [2.75, 3.05) is 26.7 Å². The summed E-state index contributed by atoms with van der Waals surface area (Å²) in [7, 11) is 1.88. The predicted octanol–water partition coefficient (Wildman–Crippen LogP) is 0.418. The number of hydrogen-bond acceptors (Lipinski definition) is 4. The Bertz CT molecular complexity index is 190. The maximum absolute atomic E-state index is 10.9. The van der Waals surface area contributed by atoms with E-state index in [0.29, 0.717) is 19.7 Å². The minimum atomic E-state index is -0.351. The third-order valence-electron chi connectivity index (χ3n) is 1.53. The summed E-state index contributed by atoms with van der Waals surface area (Å²) >= 11 is 0. The molecule has 1 N–H and O–H groups in total. The molecule has 0 saturated carbocycles. The van der Waals surface area contributed by atoms with Gasteiger partial charge in [0.25, 0.3) is 0 Å². The Morgan fingerprint density at radius 1 is 1.64 bits per heavy atom. The van der Waals surface area contributed by atoms with Crippen molar-refractivity contribution in [1.29, 1.82) is 0 Å². The molecule has 0 aliphatic heterocycles. The highest BCUT2D eigenvalue weighted by Crippen LogP contribution is 1.89. The first-order chi connectivity index (χ1) is 6.56. The molecular weight excluding hydrogens is 182 g/mol. The molecule has 0 spiro atoms. The van der Waals surface area contributed by atoms with E-state index < -0.39 is 0 Å². The molecule has 0 rings (SSSR count). The second-order valence-electron chi connectivity index (χ2n) is 3.22. The zero-order chi connectivity index (χ0) is 11.0. The molecule has 0 aromatic heterocycles. The Hall–Kier alpha value is -0.870. The van der Waals surface area contributed by atoms with Gasteiger partial charge in [-0.25, -0.2) is 4.79 Å². The van der Waals surface area contributed by atoms with E-state index in [9.17, 15) is 4.79 Å². The number of carbonyl (C=O) groups excluding carboxylic acids is 1. The minimum Gasteiger partial charge on any atom is -0.463 e. The van der Waals surface area contributed by atoms with Crippen LogP contribution in [0.5, 0.6) is 0 Å². The quantitative estimate of drug-likeness (QED) is 0.500. The van der Waals surface area contributed by atoms with Crippen LogP contribution in [0.2, 0.25) is 0 Å². The lowest BCUT2D eigenvalue weighted by Gasteiger charge is -2.15. The number of carbonyl (C=O) groups is 1. The highest BCUT2D eigenvalue weighted by atomic mass is 16.5. The number of ether oxygens (including phenoxy) is 1. The Kier molecular flexibility index (Phi) is 7.06. The van der Waals surface area contributed by atoms with Crippen molar-refractivity contribution < 1.29 is 14.6 Å². The van der Waals surface area contributed by atoms with E-state index in [1.165, 1.54) is 6.08 Å². The highest BCUT2D eigenvalue weighted by molar-refractivity contribution is 5.81. The van der Waals surface area contributed by atoms with Gasteiger partial charge in [0, 0.05) is 19.2 Å². The fraction of sp³-hybridized carbons (Fsp3) is 0.700. The zero-order valence-corrected chi connectivity index (χ0v) is 9.06. The van der Waals surface area contributed by atoms with Crippen LogP contribution < -0.4 is 0 Å². The lowest BCUT2D eigenvalue weighted by molar-refractivity contribution is -0.137. The summed E-state index contributed by atoms with van der Waals surface area (Å²) in [5, 5.41) is 9.06. The lowest BCUT2D eigenvalue weighted by atomic mass is 10.3. The van der Waals surface area contributed by atoms with E-state index >= 15 is 0 Å². The first kappa shape index (κ1) is 13.1. The van der Waals surface area contributed by atoms with Crippen molar-refractivity contribution in [3.63, 3.8) is 0 Å². The van der Waals surface area contributed by atoms with E-state index in [-0.39, 0.29) is 12.1 Å². The van der Waals surface area contributed by atoms with E-state index in [1.807, 2.05) is 11.9 Å². The van der Waals surface area contributed by atoms with Gasteiger partial charge in [0.1, 0.15) is 0 Å². The van der Waals surface area contributed by atoms with Gasteiger partial charge in [-0.15, -0.1) is 0 Å². The molecule has 0 aromatic carbocycles. The average Bonchev–Trinajstić information content (AvgIpc) is 2.02. The molecule has 0 aliphatic rings. The second kappa shape index (κ2) is 7.53. The Labute approximate surface area is 85.2 Å². The van der Waals surface area contributed by atoms with Crippen LogP contribution in [0.4, 0.5) is 0 Å². The van der Waals surface area contributed by atoms with Crippen LogP contribution in [0.25, 0.3) is 0 Å². The number of hydrogen-bond donors (Lipinski definition) is 1. The van der Waals surface area contributed by atoms with Crippen molar-refractivity contribution >= 4 is 5.97 Å². The van der Waals surface area contributed by atoms with Gasteiger partial charge in [-0.05, 0) is 20.9 Å². The SMILES string of the molecule is CCOC(=O)/C=C/CN(C)CC(C)O. The number of aliphatic hydroxyl groups is 1. The van der Waals surface area contributed by atoms with Crippen LogP contribution in [0, 0.1) is 0 Å². The monoisotopic (exact) mass is 201 g/mol. The van der Waals surface area contributed by atoms with Gasteiger partial charge in [0.15, 0.2) is 0 Å². The highest BCUT2D eigenvalue weighted by Gasteiger charge is 2.00. The van der Waals surface area contributed by atoms with Crippen molar-refractivity contribution in [2.45, 2.75) is 20.0 Å². The lowest BCUT2D eigenvalue weighted by Crippen LogP contribution is -2.27. The summed E-state index contributed by atoms with van der Waals surface area (Å²) in [6, 6.07) is 0. The molecule has 0 aliphatic carbocycles. The fourth-order valence-electron chi connectivity index (χ4n) is 1.04. The van der Waals surface area contributed by atoms with E-state index in [0.717, 1.165) is 0 Å². The van der Waals surface area contributed by atoms with Crippen molar-refractivity contribution in [2.24, 2.45) is 0 Å². The summed E-state index contributed by atoms with van der Waals surface area (Å²) in [6.45, 7) is 5.11. The normalized spacial score (nSPS) is 13.5. The summed E-state index contributed by atoms with van der Waals surface area (Å²) in [4.78, 5) is 12.8. The first-order valence-corrected chi connectivity index (χ1v) is 4.76. The average molecular weight is 201 g/mol. The van der Waals surface area contributed by atoms with Gasteiger partial charge in [-0.1, -0.05) is 6.08 Å². The van der Waals surface area contributed by atoms with Crippen LogP contribution >= 0.6 is 0 Å². The van der Waals surface area contributed by atoms with Crippen LogP contribution in [-0.2, 0) is 9.53 Å². The maximum Gasteiger partial charge on any atom is 0.330 e. The molecule has 0 saturated heterocycles. The Balaban J connectivity index is 3.64. The smallest absolute Gasteiger partial charge is 0.330 e. The minimum absolute atomic E-state index is 0.321. The molecule has 14 heavy (non-hydrogen) atoms. The van der Waals surface area contributed by atoms with Gasteiger partial charge in [0.2, 0.25) is 0 Å². The molecule has 82 valence electrons. The molecule has 4 nitrogen and oxygen atoms in total. The first-order valence-electron chi connectivity index (χ1n) is 4.76. The summed E-state index contributed by atoms with van der Waals surface area (Å²) in [5.41, 5.74) is 0. The standard InChI is InChI=1S/C10H19NO3/c1-4-14-10(13)6-5-7-11(3)8-9(2)12/h5-6,9,12H,4,7-8H2,1-3H3/b6-5+. The van der Waals surface area contributed by atoms with Crippen LogP contribution in [0.15, 0.2) is 12.2 Å². The van der Waals surface area contributed by atoms with Crippen molar-refractivity contribution in [3.05, 3.63) is 12.2 Å². The van der Waals surface area contributed by atoms with Gasteiger partial charge >= 0.3 is 5.97 Å². The molecule has 0 fully saturated rings. The fourth-order valence-corrected chi connectivity index (χ4v) is 1.04. The van der Waals surface area contributed by atoms with Crippen molar-refractivity contribution in [3.8, 4) is 0 Å². The van der Waals surface area contributed by atoms with Crippen LogP contribution in [0.1, 0.15) is 13.8 Å². The molecule has 0 heterocycles. The second-order valence-corrected chi connectivity index (χ2v) is 3.22. The van der Waals surface area contributed by atoms with Crippen LogP contribution in [0.3, 0.4) is 0 Å². The Morgan fingerprint density at radius 2 is 2.29 bits per heavy atom. The third kappa shape index (κ3) is 7.76. The maximum atomic E-state index is 10.9. The largest absolute Gasteiger partial charge is 0.463 e. The summed E-state index contributed by atoms with van der Waals surface area (Å²) in [6.07, 6.45) is 2.78. The Morgan fingerprint density at radius 3 is 2.79 bits per heavy atom. The molecule has 0 aromatic rings. The number of esters is 1. The molecule has 1 atom stereocenters. The van der Waals surface area contributed by atoms with Crippen molar-refractivity contribution in [1.82, 2.24) is 4.90 Å². The zero-order valence-electron chi connectivity index (χ0n) is 9.06. The predicted molar refractivity (Wildman–Crippen MR) is 55.0 cm³/mol. The van der Waals surface area contributed by atoms with Gasteiger partial charge in [0.05, 0.1) is 12.7 Å². The van der Waals surface area contributed by atoms with E-state index in [4.69, 9.17) is 9.84 Å². The number of nitrogens with zero attached hydrogens (tertiary/aromatic N) is 1. The molecule has 0 amide bonds. The molecule has 1 unspecified atom stereocenters. The van der Waals surface area contributed by atoms with Gasteiger partial charge in [-0.3, -0.25) is 0 Å². The number of likely N-dealkylation sites (N-methyl/N-ethyl adjacent to an activating group) is 1. The third-order valence-corrected chi connectivity index (χ3v) is 1.53. The van der Waals surface area contributed by atoms with E-state index in [1.54, 1.807) is 19.9 Å². The molecular formula is C10H19NO3. The summed E-state index contributed by atoms with van der Waals surface area (Å²) < 4.78 is 4.71. The van der Waals surface area contributed by atoms with Gasteiger partial charge < -0.3 is 14.7 Å². The molecule has 4 heteroatoms. The summed E-state index contributed by atoms with van der Waals surface area (Å²) in [5.74, 6) is -0.321. The molecule has 0 radical (unpaired) electrons. The topological polar surface area (TPSA) is 49.8 Å². The number of aliphatic hydroxyl groups excluding tert-OH is 1. The van der Waals surface area contributed by atoms with Gasteiger partial charge in [-0.2, -0.15) is 0 Å².